The van der Waals surface area contributed by atoms with E-state index >= 15 is 0 Å². The van der Waals surface area contributed by atoms with Crippen molar-refractivity contribution in [2.24, 2.45) is 0 Å². The number of aryl methyl sites for hydroxylation is 1. The first-order valence-corrected chi connectivity index (χ1v) is 7.55. The third kappa shape index (κ3) is 4.98. The largest absolute Gasteiger partial charge is 0.387 e. The molecule has 0 aliphatic carbocycles. The molecule has 2 aromatic rings. The van der Waals surface area contributed by atoms with Crippen molar-refractivity contribution in [1.82, 2.24) is 20.3 Å². The van der Waals surface area contributed by atoms with E-state index in [9.17, 15) is 9.90 Å². The van der Waals surface area contributed by atoms with Crippen molar-refractivity contribution < 1.29 is 9.90 Å². The molecule has 2 rings (SSSR count). The summed E-state index contributed by atoms with van der Waals surface area (Å²) in [6.07, 6.45) is 3.45. The van der Waals surface area contributed by atoms with Crippen LogP contribution in [0.25, 0.3) is 0 Å². The number of amides is 1. The molecule has 0 fully saturated rings. The van der Waals surface area contributed by atoms with Gasteiger partial charge in [-0.2, -0.15) is 0 Å². The number of carbonyl (C=O) groups is 1. The first kappa shape index (κ1) is 16.7. The molecule has 0 saturated carbocycles. The molecule has 1 amide bonds. The Kier molecular flexibility index (Phi) is 6.18. The second-order valence-corrected chi connectivity index (χ2v) is 5.60. The third-order valence-corrected chi connectivity index (χ3v) is 3.64. The molecule has 0 spiro atoms. The van der Waals surface area contributed by atoms with Crippen LogP contribution < -0.4 is 5.32 Å². The molecule has 1 aromatic heterocycles. The molecule has 1 heterocycles. The zero-order valence-electron chi connectivity index (χ0n) is 11.7. The third-order valence-electron chi connectivity index (χ3n) is 3.08. The normalized spacial score (nSPS) is 12.1. The second-order valence-electron chi connectivity index (χ2n) is 4.76. The minimum Gasteiger partial charge on any atom is -0.387 e. The molecule has 0 saturated heterocycles. The molecule has 1 aromatic carbocycles. The highest BCUT2D eigenvalue weighted by Gasteiger charge is 2.13. The van der Waals surface area contributed by atoms with E-state index in [-0.39, 0.29) is 12.5 Å². The molecule has 22 heavy (non-hydrogen) atoms. The van der Waals surface area contributed by atoms with Crippen molar-refractivity contribution in [1.29, 1.82) is 0 Å². The average Bonchev–Trinajstić information content (AvgIpc) is 2.98. The average molecular weight is 343 g/mol. The number of aliphatic hydroxyl groups is 1. The number of aliphatic hydroxyl groups excluding tert-OH is 1. The summed E-state index contributed by atoms with van der Waals surface area (Å²) >= 11 is 11.8. The standard InChI is InChI=1S/C14H16Cl2N4O2/c15-10-3-4-11(12(16)8-10)13(21)9-17-14(22)2-1-6-20-7-5-18-19-20/h3-5,7-8,13,21H,1-2,6,9H2,(H,17,22). The predicted octanol–water partition coefficient (Wildman–Crippen LogP) is 2.21. The number of hydrogen-bond acceptors (Lipinski definition) is 4. The van der Waals surface area contributed by atoms with Gasteiger partial charge in [0.25, 0.3) is 0 Å². The minimum absolute atomic E-state index is 0.101. The highest BCUT2D eigenvalue weighted by atomic mass is 35.5. The van der Waals surface area contributed by atoms with Crippen LogP contribution in [0, 0.1) is 0 Å². The lowest BCUT2D eigenvalue weighted by molar-refractivity contribution is -0.121. The lowest BCUT2D eigenvalue weighted by atomic mass is 10.1. The molecule has 0 aliphatic heterocycles. The Hall–Kier alpha value is -1.63. The maximum Gasteiger partial charge on any atom is 0.220 e. The number of nitrogens with one attached hydrogen (secondary N) is 1. The molecule has 0 aliphatic rings. The summed E-state index contributed by atoms with van der Waals surface area (Å²) in [7, 11) is 0. The van der Waals surface area contributed by atoms with Crippen LogP contribution in [0.4, 0.5) is 0 Å². The molecule has 1 unspecified atom stereocenters. The molecular weight excluding hydrogens is 327 g/mol. The molecule has 8 heteroatoms. The molecule has 118 valence electrons. The zero-order valence-corrected chi connectivity index (χ0v) is 13.3. The van der Waals surface area contributed by atoms with E-state index in [2.05, 4.69) is 15.6 Å². The minimum atomic E-state index is -0.871. The number of benzene rings is 1. The van der Waals surface area contributed by atoms with Gasteiger partial charge in [0.15, 0.2) is 0 Å². The Morgan fingerprint density at radius 3 is 2.91 bits per heavy atom. The number of halogens is 2. The maximum absolute atomic E-state index is 11.7. The number of hydrogen-bond donors (Lipinski definition) is 2. The van der Waals surface area contributed by atoms with Crippen molar-refractivity contribution in [3.63, 3.8) is 0 Å². The molecule has 0 radical (unpaired) electrons. The second kappa shape index (κ2) is 8.12. The van der Waals surface area contributed by atoms with Gasteiger partial charge in [0.05, 0.1) is 12.3 Å². The molecule has 0 bridgehead atoms. The topological polar surface area (TPSA) is 80.0 Å². The van der Waals surface area contributed by atoms with Gasteiger partial charge in [-0.3, -0.25) is 9.48 Å². The summed E-state index contributed by atoms with van der Waals surface area (Å²) in [6, 6.07) is 4.85. The van der Waals surface area contributed by atoms with E-state index in [1.54, 1.807) is 35.3 Å². The molecular formula is C14H16Cl2N4O2. The number of aromatic nitrogens is 3. The van der Waals surface area contributed by atoms with Crippen molar-refractivity contribution in [3.05, 3.63) is 46.2 Å². The Labute approximate surface area is 138 Å². The molecule has 2 N–H and O–H groups in total. The number of rotatable bonds is 7. The SMILES string of the molecule is O=C(CCCn1ccnn1)NCC(O)c1ccc(Cl)cc1Cl. The van der Waals surface area contributed by atoms with Crippen LogP contribution in [-0.4, -0.2) is 32.6 Å². The van der Waals surface area contributed by atoms with E-state index in [1.165, 1.54) is 0 Å². The van der Waals surface area contributed by atoms with E-state index in [4.69, 9.17) is 23.2 Å². The number of carbonyl (C=O) groups excluding carboxylic acids is 1. The van der Waals surface area contributed by atoms with Gasteiger partial charge in [-0.05, 0) is 18.6 Å². The van der Waals surface area contributed by atoms with Crippen LogP contribution >= 0.6 is 23.2 Å². The lowest BCUT2D eigenvalue weighted by Crippen LogP contribution is -2.28. The van der Waals surface area contributed by atoms with Crippen molar-refractivity contribution >= 4 is 29.1 Å². The lowest BCUT2D eigenvalue weighted by Gasteiger charge is -2.14. The summed E-state index contributed by atoms with van der Waals surface area (Å²) in [5.41, 5.74) is 0.536. The van der Waals surface area contributed by atoms with E-state index in [1.807, 2.05) is 0 Å². The Balaban J connectivity index is 1.73. The van der Waals surface area contributed by atoms with Crippen LogP contribution in [0.1, 0.15) is 24.5 Å². The van der Waals surface area contributed by atoms with Crippen molar-refractivity contribution in [2.75, 3.05) is 6.54 Å². The van der Waals surface area contributed by atoms with E-state index < -0.39 is 6.10 Å². The van der Waals surface area contributed by atoms with E-state index in [0.717, 1.165) is 0 Å². The van der Waals surface area contributed by atoms with Gasteiger partial charge in [0, 0.05) is 41.3 Å². The Morgan fingerprint density at radius 2 is 2.23 bits per heavy atom. The first-order chi connectivity index (χ1) is 10.6. The van der Waals surface area contributed by atoms with Crippen LogP contribution in [-0.2, 0) is 11.3 Å². The van der Waals surface area contributed by atoms with Crippen molar-refractivity contribution in [3.8, 4) is 0 Å². The van der Waals surface area contributed by atoms with Crippen LogP contribution in [0.15, 0.2) is 30.6 Å². The highest BCUT2D eigenvalue weighted by Crippen LogP contribution is 2.25. The van der Waals surface area contributed by atoms with Gasteiger partial charge >= 0.3 is 0 Å². The van der Waals surface area contributed by atoms with Gasteiger partial charge in [-0.1, -0.05) is 34.5 Å². The Morgan fingerprint density at radius 1 is 1.41 bits per heavy atom. The summed E-state index contributed by atoms with van der Waals surface area (Å²) in [4.78, 5) is 11.7. The summed E-state index contributed by atoms with van der Waals surface area (Å²) in [5.74, 6) is -0.135. The van der Waals surface area contributed by atoms with Gasteiger partial charge in [-0.25, -0.2) is 0 Å². The predicted molar refractivity (Wildman–Crippen MR) is 83.7 cm³/mol. The van der Waals surface area contributed by atoms with Crippen molar-refractivity contribution in [2.45, 2.75) is 25.5 Å². The van der Waals surface area contributed by atoms with Gasteiger partial charge in [0.1, 0.15) is 0 Å². The molecule has 6 nitrogen and oxygen atoms in total. The van der Waals surface area contributed by atoms with Gasteiger partial charge in [0.2, 0.25) is 5.91 Å². The van der Waals surface area contributed by atoms with Crippen LogP contribution in [0.2, 0.25) is 10.0 Å². The Bertz CT molecular complexity index is 619. The highest BCUT2D eigenvalue weighted by molar-refractivity contribution is 6.35. The van der Waals surface area contributed by atoms with Gasteiger partial charge < -0.3 is 10.4 Å². The van der Waals surface area contributed by atoms with Crippen LogP contribution in [0.3, 0.4) is 0 Å². The summed E-state index contributed by atoms with van der Waals surface area (Å²) in [5, 5.41) is 21.1. The monoisotopic (exact) mass is 342 g/mol. The maximum atomic E-state index is 11.7. The zero-order chi connectivity index (χ0) is 15.9. The summed E-state index contributed by atoms with van der Waals surface area (Å²) < 4.78 is 1.66. The number of nitrogens with zero attached hydrogens (tertiary/aromatic N) is 3. The fourth-order valence-electron chi connectivity index (χ4n) is 1.93. The summed E-state index contributed by atoms with van der Waals surface area (Å²) in [6.45, 7) is 0.725. The quantitative estimate of drug-likeness (QED) is 0.808. The van der Waals surface area contributed by atoms with Crippen LogP contribution in [0.5, 0.6) is 0 Å². The molecule has 1 atom stereocenters. The van der Waals surface area contributed by atoms with Gasteiger partial charge in [-0.15, -0.1) is 5.10 Å². The smallest absolute Gasteiger partial charge is 0.220 e. The first-order valence-electron chi connectivity index (χ1n) is 6.80. The van der Waals surface area contributed by atoms with E-state index in [0.29, 0.717) is 35.0 Å². The fraction of sp³-hybridized carbons (Fsp3) is 0.357. The fourth-order valence-corrected chi connectivity index (χ4v) is 2.47.